The highest BCUT2D eigenvalue weighted by Crippen LogP contribution is 2.34. The molecule has 9 heteroatoms. The zero-order chi connectivity index (χ0) is 22.7. The number of methoxy groups -OCH3 is 1. The standard InChI is InChI=1S/C23H27ClN2O5S/c1-30-18-9-6-16(7-10-18)21-5-2-12-26(21)23(27)17-8-11-20(24)22(14-17)32(28,29)25-15-19-4-3-13-31-19/h6-11,14,19,21,25H,2-5,12-13,15H2,1H3. The lowest BCUT2D eigenvalue weighted by atomic mass is 10.0. The van der Waals surface area contributed by atoms with Gasteiger partial charge in [-0.3, -0.25) is 4.79 Å². The Morgan fingerprint density at radius 3 is 2.66 bits per heavy atom. The van der Waals surface area contributed by atoms with Gasteiger partial charge in [0, 0.05) is 25.3 Å². The van der Waals surface area contributed by atoms with Crippen LogP contribution in [0.25, 0.3) is 0 Å². The molecular formula is C23H27ClN2O5S. The number of rotatable bonds is 7. The minimum atomic E-state index is -3.88. The summed E-state index contributed by atoms with van der Waals surface area (Å²) in [4.78, 5) is 15.0. The summed E-state index contributed by atoms with van der Waals surface area (Å²) in [6.07, 6.45) is 3.33. The number of ether oxygens (including phenoxy) is 2. The van der Waals surface area contributed by atoms with E-state index in [0.717, 1.165) is 37.0 Å². The van der Waals surface area contributed by atoms with Crippen molar-refractivity contribution >= 4 is 27.5 Å². The highest BCUT2D eigenvalue weighted by Gasteiger charge is 2.32. The minimum absolute atomic E-state index is 0.0678. The summed E-state index contributed by atoms with van der Waals surface area (Å²) < 4.78 is 39.0. The second-order valence-corrected chi connectivity index (χ2v) is 10.2. The van der Waals surface area contributed by atoms with Crippen LogP contribution in [0, 0.1) is 0 Å². The number of likely N-dealkylation sites (tertiary alicyclic amines) is 1. The lowest BCUT2D eigenvalue weighted by Gasteiger charge is -2.25. The normalized spacial score (nSPS) is 21.1. The molecule has 1 amide bonds. The average molecular weight is 479 g/mol. The van der Waals surface area contributed by atoms with Crippen LogP contribution in [0.4, 0.5) is 0 Å². The molecular weight excluding hydrogens is 452 g/mol. The van der Waals surface area contributed by atoms with Gasteiger partial charge in [0.25, 0.3) is 5.91 Å². The lowest BCUT2D eigenvalue weighted by molar-refractivity contribution is 0.0735. The number of benzene rings is 2. The second-order valence-electron chi connectivity index (χ2n) is 8.06. The predicted molar refractivity (Wildman–Crippen MR) is 122 cm³/mol. The third-order valence-corrected chi connectivity index (χ3v) is 7.91. The van der Waals surface area contributed by atoms with Gasteiger partial charge in [0.1, 0.15) is 10.6 Å². The van der Waals surface area contributed by atoms with Crippen LogP contribution in [0.5, 0.6) is 5.75 Å². The van der Waals surface area contributed by atoms with Gasteiger partial charge in [-0.05, 0) is 61.6 Å². The van der Waals surface area contributed by atoms with Crippen molar-refractivity contribution in [3.63, 3.8) is 0 Å². The Morgan fingerprint density at radius 2 is 1.97 bits per heavy atom. The SMILES string of the molecule is COc1ccc(C2CCCN2C(=O)c2ccc(Cl)c(S(=O)(=O)NCC3CCCO3)c2)cc1. The molecule has 0 saturated carbocycles. The highest BCUT2D eigenvalue weighted by molar-refractivity contribution is 7.89. The molecule has 2 aliphatic heterocycles. The van der Waals surface area contributed by atoms with E-state index in [1.54, 1.807) is 18.1 Å². The first-order valence-corrected chi connectivity index (χ1v) is 12.6. The molecule has 2 aliphatic rings. The van der Waals surface area contributed by atoms with E-state index in [9.17, 15) is 13.2 Å². The van der Waals surface area contributed by atoms with Crippen LogP contribution in [0.3, 0.4) is 0 Å². The summed E-state index contributed by atoms with van der Waals surface area (Å²) in [6.45, 7) is 1.43. The first kappa shape index (κ1) is 23.0. The maximum Gasteiger partial charge on any atom is 0.254 e. The third kappa shape index (κ3) is 4.93. The topological polar surface area (TPSA) is 84.9 Å². The molecule has 2 unspecified atom stereocenters. The van der Waals surface area contributed by atoms with Gasteiger partial charge in [-0.25, -0.2) is 13.1 Å². The van der Waals surface area contributed by atoms with Gasteiger partial charge in [0.15, 0.2) is 0 Å². The number of nitrogens with zero attached hydrogens (tertiary/aromatic N) is 1. The zero-order valence-corrected chi connectivity index (χ0v) is 19.5. The number of carbonyl (C=O) groups is 1. The molecule has 32 heavy (non-hydrogen) atoms. The molecule has 0 radical (unpaired) electrons. The predicted octanol–water partition coefficient (Wildman–Crippen LogP) is 3.78. The Morgan fingerprint density at radius 1 is 1.19 bits per heavy atom. The van der Waals surface area contributed by atoms with Crippen LogP contribution in [0.15, 0.2) is 47.4 Å². The quantitative estimate of drug-likeness (QED) is 0.654. The van der Waals surface area contributed by atoms with Crippen molar-refractivity contribution in [3.8, 4) is 5.75 Å². The van der Waals surface area contributed by atoms with Crippen LogP contribution in [0.2, 0.25) is 5.02 Å². The van der Waals surface area contributed by atoms with Gasteiger partial charge < -0.3 is 14.4 Å². The van der Waals surface area contributed by atoms with E-state index in [4.69, 9.17) is 21.1 Å². The number of sulfonamides is 1. The van der Waals surface area contributed by atoms with Crippen LogP contribution >= 0.6 is 11.6 Å². The molecule has 4 rings (SSSR count). The van der Waals surface area contributed by atoms with Crippen molar-refractivity contribution in [2.75, 3.05) is 26.8 Å². The number of nitrogens with one attached hydrogen (secondary N) is 1. The van der Waals surface area contributed by atoms with Gasteiger partial charge in [-0.15, -0.1) is 0 Å². The fourth-order valence-electron chi connectivity index (χ4n) is 4.28. The number of hydrogen-bond acceptors (Lipinski definition) is 5. The van der Waals surface area contributed by atoms with Crippen molar-refractivity contribution in [1.82, 2.24) is 9.62 Å². The Kier molecular flexibility index (Phi) is 7.05. The first-order valence-electron chi connectivity index (χ1n) is 10.7. The summed E-state index contributed by atoms with van der Waals surface area (Å²) in [6, 6.07) is 12.0. The second kappa shape index (κ2) is 9.79. The zero-order valence-electron chi connectivity index (χ0n) is 17.9. The number of hydrogen-bond donors (Lipinski definition) is 1. The molecule has 2 heterocycles. The van der Waals surface area contributed by atoms with E-state index in [1.807, 2.05) is 24.3 Å². The molecule has 2 aromatic carbocycles. The van der Waals surface area contributed by atoms with E-state index < -0.39 is 10.0 Å². The monoisotopic (exact) mass is 478 g/mol. The van der Waals surface area contributed by atoms with Crippen LogP contribution in [0.1, 0.15) is 47.6 Å². The van der Waals surface area contributed by atoms with Crippen LogP contribution < -0.4 is 9.46 Å². The lowest BCUT2D eigenvalue weighted by Crippen LogP contribution is -2.33. The molecule has 2 aromatic rings. The molecule has 172 valence electrons. The fourth-order valence-corrected chi connectivity index (χ4v) is 5.87. The average Bonchev–Trinajstić information content (AvgIpc) is 3.50. The molecule has 0 aliphatic carbocycles. The van der Waals surface area contributed by atoms with Gasteiger partial charge in [0.2, 0.25) is 10.0 Å². The summed E-state index contributed by atoms with van der Waals surface area (Å²) in [5.41, 5.74) is 1.32. The maximum atomic E-state index is 13.3. The number of amides is 1. The largest absolute Gasteiger partial charge is 0.497 e. The van der Waals surface area contributed by atoms with Crippen LogP contribution in [-0.2, 0) is 14.8 Å². The summed E-state index contributed by atoms with van der Waals surface area (Å²) in [5.74, 6) is 0.545. The minimum Gasteiger partial charge on any atom is -0.497 e. The maximum absolute atomic E-state index is 13.3. The number of carbonyl (C=O) groups excluding carboxylic acids is 1. The number of halogens is 1. The van der Waals surface area contributed by atoms with E-state index >= 15 is 0 Å². The highest BCUT2D eigenvalue weighted by atomic mass is 35.5. The van der Waals surface area contributed by atoms with E-state index in [1.165, 1.54) is 12.1 Å². The van der Waals surface area contributed by atoms with Gasteiger partial charge in [0.05, 0.1) is 24.3 Å². The fraction of sp³-hybridized carbons (Fsp3) is 0.435. The Balaban J connectivity index is 1.54. The van der Waals surface area contributed by atoms with Crippen molar-refractivity contribution in [3.05, 3.63) is 58.6 Å². The first-order chi connectivity index (χ1) is 15.4. The van der Waals surface area contributed by atoms with Gasteiger partial charge in [-0.1, -0.05) is 23.7 Å². The van der Waals surface area contributed by atoms with E-state index in [0.29, 0.717) is 18.7 Å². The van der Waals surface area contributed by atoms with E-state index in [-0.39, 0.29) is 34.5 Å². The van der Waals surface area contributed by atoms with Crippen molar-refractivity contribution < 1.29 is 22.7 Å². The van der Waals surface area contributed by atoms with Gasteiger partial charge in [-0.2, -0.15) is 0 Å². The summed E-state index contributed by atoms with van der Waals surface area (Å²) in [7, 11) is -2.26. The van der Waals surface area contributed by atoms with Gasteiger partial charge >= 0.3 is 0 Å². The Bertz CT molecular complexity index is 1070. The summed E-state index contributed by atoms with van der Waals surface area (Å²) in [5, 5.41) is 0.0783. The van der Waals surface area contributed by atoms with Crippen LogP contribution in [-0.4, -0.2) is 52.1 Å². The molecule has 0 spiro atoms. The molecule has 2 atom stereocenters. The van der Waals surface area contributed by atoms with Crippen molar-refractivity contribution in [1.29, 1.82) is 0 Å². The molecule has 0 bridgehead atoms. The smallest absolute Gasteiger partial charge is 0.254 e. The van der Waals surface area contributed by atoms with Crippen molar-refractivity contribution in [2.24, 2.45) is 0 Å². The molecule has 2 saturated heterocycles. The Labute approximate surface area is 193 Å². The molecule has 1 N–H and O–H groups in total. The third-order valence-electron chi connectivity index (χ3n) is 6.01. The molecule has 2 fully saturated rings. The molecule has 7 nitrogen and oxygen atoms in total. The van der Waals surface area contributed by atoms with Crippen molar-refractivity contribution in [2.45, 2.75) is 42.7 Å². The Hall–Kier alpha value is -2.13. The van der Waals surface area contributed by atoms with E-state index in [2.05, 4.69) is 4.72 Å². The summed E-state index contributed by atoms with van der Waals surface area (Å²) >= 11 is 6.21. The molecule has 0 aromatic heterocycles.